The molecule has 23 heavy (non-hydrogen) atoms. The van der Waals surface area contributed by atoms with Gasteiger partial charge in [0.2, 0.25) is 6.79 Å². The van der Waals surface area contributed by atoms with E-state index in [1.165, 1.54) is 0 Å². The van der Waals surface area contributed by atoms with Crippen molar-refractivity contribution in [3.63, 3.8) is 0 Å². The highest BCUT2D eigenvalue weighted by atomic mass is 16.7. The summed E-state index contributed by atoms with van der Waals surface area (Å²) in [6.45, 7) is 0.839. The second-order valence-electron chi connectivity index (χ2n) is 4.94. The van der Waals surface area contributed by atoms with Crippen LogP contribution in [0, 0.1) is 0 Å². The van der Waals surface area contributed by atoms with E-state index in [0.717, 1.165) is 28.5 Å². The first-order valence-corrected chi connectivity index (χ1v) is 7.17. The number of ether oxygens (including phenoxy) is 5. The molecule has 0 saturated carbocycles. The van der Waals surface area contributed by atoms with Gasteiger partial charge in [-0.15, -0.1) is 0 Å². The lowest BCUT2D eigenvalue weighted by Crippen LogP contribution is -2.03. The molecule has 0 aliphatic carbocycles. The number of benzene rings is 2. The monoisotopic (exact) mass is 317 g/mol. The van der Waals surface area contributed by atoms with Crippen molar-refractivity contribution in [2.24, 2.45) is 0 Å². The smallest absolute Gasteiger partial charge is 0.231 e. The van der Waals surface area contributed by atoms with Crippen LogP contribution in [-0.2, 0) is 6.54 Å². The lowest BCUT2D eigenvalue weighted by atomic mass is 10.1. The van der Waals surface area contributed by atoms with E-state index in [9.17, 15) is 0 Å². The van der Waals surface area contributed by atoms with Crippen molar-refractivity contribution >= 4 is 5.69 Å². The van der Waals surface area contributed by atoms with Gasteiger partial charge in [0, 0.05) is 29.9 Å². The van der Waals surface area contributed by atoms with Crippen LogP contribution in [0.25, 0.3) is 0 Å². The molecule has 2 aromatic rings. The van der Waals surface area contributed by atoms with Gasteiger partial charge in [-0.25, -0.2) is 0 Å². The lowest BCUT2D eigenvalue weighted by Gasteiger charge is -2.15. The third kappa shape index (κ3) is 3.06. The quantitative estimate of drug-likeness (QED) is 0.884. The molecular formula is C17H19NO5. The molecule has 0 radical (unpaired) electrons. The molecule has 0 spiro atoms. The zero-order valence-corrected chi connectivity index (χ0v) is 13.3. The summed E-state index contributed by atoms with van der Waals surface area (Å²) in [5.41, 5.74) is 1.90. The third-order valence-corrected chi connectivity index (χ3v) is 3.64. The van der Waals surface area contributed by atoms with Crippen molar-refractivity contribution in [3.8, 4) is 28.7 Å². The van der Waals surface area contributed by atoms with Gasteiger partial charge in [0.1, 0.15) is 5.75 Å². The normalized spacial score (nSPS) is 12.0. The van der Waals surface area contributed by atoms with Crippen LogP contribution < -0.4 is 29.0 Å². The van der Waals surface area contributed by atoms with Gasteiger partial charge < -0.3 is 29.0 Å². The zero-order chi connectivity index (χ0) is 16.2. The first kappa shape index (κ1) is 15.1. The predicted molar refractivity (Wildman–Crippen MR) is 86.0 cm³/mol. The van der Waals surface area contributed by atoms with Crippen molar-refractivity contribution in [1.29, 1.82) is 0 Å². The molecule has 1 aliphatic heterocycles. The van der Waals surface area contributed by atoms with Gasteiger partial charge in [-0.1, -0.05) is 0 Å². The molecule has 1 aliphatic rings. The molecule has 2 aromatic carbocycles. The topological polar surface area (TPSA) is 58.2 Å². The van der Waals surface area contributed by atoms with Crippen LogP contribution in [0.4, 0.5) is 5.69 Å². The summed E-state index contributed by atoms with van der Waals surface area (Å²) in [4.78, 5) is 0. The van der Waals surface area contributed by atoms with Crippen molar-refractivity contribution in [2.45, 2.75) is 6.54 Å². The minimum atomic E-state index is 0.266. The van der Waals surface area contributed by atoms with E-state index in [0.29, 0.717) is 18.0 Å². The third-order valence-electron chi connectivity index (χ3n) is 3.64. The van der Waals surface area contributed by atoms with E-state index in [-0.39, 0.29) is 6.79 Å². The second kappa shape index (κ2) is 6.56. The standard InChI is InChI=1S/C17H19NO5/c1-19-14-8-16(21-3)15(20-2)6-11(14)9-18-12-4-5-13-17(7-12)23-10-22-13/h4-8,18H,9-10H2,1-3H3. The van der Waals surface area contributed by atoms with Crippen LogP contribution in [0.15, 0.2) is 30.3 Å². The maximum Gasteiger partial charge on any atom is 0.231 e. The molecule has 1 N–H and O–H groups in total. The summed E-state index contributed by atoms with van der Waals surface area (Å²) in [5, 5.41) is 3.34. The van der Waals surface area contributed by atoms with Gasteiger partial charge in [-0.2, -0.15) is 0 Å². The second-order valence-corrected chi connectivity index (χ2v) is 4.94. The van der Waals surface area contributed by atoms with Gasteiger partial charge in [0.25, 0.3) is 0 Å². The molecule has 122 valence electrons. The van der Waals surface area contributed by atoms with E-state index >= 15 is 0 Å². The molecular weight excluding hydrogens is 298 g/mol. The first-order chi connectivity index (χ1) is 11.2. The van der Waals surface area contributed by atoms with Crippen LogP contribution in [0.1, 0.15) is 5.56 Å². The Morgan fingerprint density at radius 1 is 0.870 bits per heavy atom. The van der Waals surface area contributed by atoms with E-state index < -0.39 is 0 Å². The fourth-order valence-corrected chi connectivity index (χ4v) is 2.43. The molecule has 6 heteroatoms. The van der Waals surface area contributed by atoms with Crippen LogP contribution in [0.2, 0.25) is 0 Å². The molecule has 0 saturated heterocycles. The number of anilines is 1. The lowest BCUT2D eigenvalue weighted by molar-refractivity contribution is 0.174. The van der Waals surface area contributed by atoms with Gasteiger partial charge >= 0.3 is 0 Å². The molecule has 6 nitrogen and oxygen atoms in total. The molecule has 3 rings (SSSR count). The Balaban J connectivity index is 1.79. The van der Waals surface area contributed by atoms with Gasteiger partial charge in [0.15, 0.2) is 23.0 Å². The average molecular weight is 317 g/mol. The molecule has 1 heterocycles. The number of nitrogens with one attached hydrogen (secondary N) is 1. The largest absolute Gasteiger partial charge is 0.496 e. The highest BCUT2D eigenvalue weighted by Gasteiger charge is 2.14. The Hall–Kier alpha value is -2.76. The Kier molecular flexibility index (Phi) is 4.32. The van der Waals surface area contributed by atoms with Gasteiger partial charge in [-0.3, -0.25) is 0 Å². The fraction of sp³-hybridized carbons (Fsp3) is 0.294. The van der Waals surface area contributed by atoms with Crippen molar-refractivity contribution in [1.82, 2.24) is 0 Å². The minimum absolute atomic E-state index is 0.266. The molecule has 0 fully saturated rings. The first-order valence-electron chi connectivity index (χ1n) is 7.17. The molecule has 0 amide bonds. The molecule has 0 unspecified atom stereocenters. The summed E-state index contributed by atoms with van der Waals surface area (Å²) in [6, 6.07) is 9.46. The van der Waals surface area contributed by atoms with Crippen LogP contribution in [0.5, 0.6) is 28.7 Å². The summed E-state index contributed by atoms with van der Waals surface area (Å²) in [6.07, 6.45) is 0. The number of fused-ring (bicyclic) bond motifs is 1. The SMILES string of the molecule is COc1cc(OC)c(OC)cc1CNc1ccc2c(c1)OCO2. The van der Waals surface area contributed by atoms with E-state index in [1.54, 1.807) is 21.3 Å². The Labute approximate surface area is 134 Å². The predicted octanol–water partition coefficient (Wildman–Crippen LogP) is 3.05. The zero-order valence-electron chi connectivity index (χ0n) is 13.3. The summed E-state index contributed by atoms with van der Waals surface area (Å²) < 4.78 is 26.8. The average Bonchev–Trinajstić information content (AvgIpc) is 3.06. The Morgan fingerprint density at radius 3 is 2.30 bits per heavy atom. The van der Waals surface area contributed by atoms with Gasteiger partial charge in [0.05, 0.1) is 21.3 Å². The summed E-state index contributed by atoms with van der Waals surface area (Å²) >= 11 is 0. The van der Waals surface area contributed by atoms with Crippen molar-refractivity contribution in [2.75, 3.05) is 33.4 Å². The van der Waals surface area contributed by atoms with Crippen LogP contribution >= 0.6 is 0 Å². The Morgan fingerprint density at radius 2 is 1.57 bits per heavy atom. The molecule has 0 atom stereocenters. The number of hydrogen-bond donors (Lipinski definition) is 1. The van der Waals surface area contributed by atoms with Gasteiger partial charge in [-0.05, 0) is 18.2 Å². The number of hydrogen-bond acceptors (Lipinski definition) is 6. The Bertz CT molecular complexity index is 702. The minimum Gasteiger partial charge on any atom is -0.496 e. The maximum absolute atomic E-state index is 5.43. The van der Waals surface area contributed by atoms with E-state index in [1.807, 2.05) is 30.3 Å². The highest BCUT2D eigenvalue weighted by Crippen LogP contribution is 2.36. The van der Waals surface area contributed by atoms with Crippen LogP contribution in [0.3, 0.4) is 0 Å². The molecule has 0 bridgehead atoms. The van der Waals surface area contributed by atoms with E-state index in [4.69, 9.17) is 23.7 Å². The number of rotatable bonds is 6. The molecule has 0 aromatic heterocycles. The van der Waals surface area contributed by atoms with Crippen molar-refractivity contribution in [3.05, 3.63) is 35.9 Å². The van der Waals surface area contributed by atoms with E-state index in [2.05, 4.69) is 5.32 Å². The van der Waals surface area contributed by atoms with Crippen molar-refractivity contribution < 1.29 is 23.7 Å². The fourth-order valence-electron chi connectivity index (χ4n) is 2.43. The maximum atomic E-state index is 5.43. The highest BCUT2D eigenvalue weighted by molar-refractivity contribution is 5.57. The summed E-state index contributed by atoms with van der Waals surface area (Å²) in [5.74, 6) is 3.54. The summed E-state index contributed by atoms with van der Waals surface area (Å²) in [7, 11) is 4.84. The number of methoxy groups -OCH3 is 3. The van der Waals surface area contributed by atoms with Crippen LogP contribution in [-0.4, -0.2) is 28.1 Å².